The van der Waals surface area contributed by atoms with Crippen LogP contribution in [0, 0.1) is 0 Å². The standard InChI is InChI=1S/C16H19BrO4/c1-11(18)20-10-13-4-3-5-16(21-13)14-8-12(9-17)6-7-15(14)19-2/h3-4,6-8,13,16H,5,9-10H2,1-2H3/t13?,16-/m0/s1. The largest absolute Gasteiger partial charge is 0.496 e. The Morgan fingerprint density at radius 2 is 2.29 bits per heavy atom. The van der Waals surface area contributed by atoms with E-state index in [0.29, 0.717) is 0 Å². The fraction of sp³-hybridized carbons (Fsp3) is 0.438. The second-order valence-corrected chi connectivity index (χ2v) is 5.40. The van der Waals surface area contributed by atoms with E-state index in [1.807, 2.05) is 18.2 Å². The number of carbonyl (C=O) groups excluding carboxylic acids is 1. The number of alkyl halides is 1. The van der Waals surface area contributed by atoms with Crippen molar-refractivity contribution in [3.63, 3.8) is 0 Å². The van der Waals surface area contributed by atoms with E-state index >= 15 is 0 Å². The Labute approximate surface area is 133 Å². The lowest BCUT2D eigenvalue weighted by Gasteiger charge is -2.27. The van der Waals surface area contributed by atoms with Gasteiger partial charge in [-0.1, -0.05) is 34.1 Å². The van der Waals surface area contributed by atoms with E-state index in [0.717, 1.165) is 23.1 Å². The molecule has 4 nitrogen and oxygen atoms in total. The van der Waals surface area contributed by atoms with E-state index in [1.54, 1.807) is 7.11 Å². The maximum absolute atomic E-state index is 10.9. The summed E-state index contributed by atoms with van der Waals surface area (Å²) in [5, 5.41) is 0.781. The Hall–Kier alpha value is -1.33. The molecule has 0 amide bonds. The quantitative estimate of drug-likeness (QED) is 0.460. The van der Waals surface area contributed by atoms with Crippen LogP contribution in [0.25, 0.3) is 0 Å². The van der Waals surface area contributed by atoms with Gasteiger partial charge in [0, 0.05) is 17.8 Å². The van der Waals surface area contributed by atoms with Gasteiger partial charge >= 0.3 is 5.97 Å². The van der Waals surface area contributed by atoms with Crippen LogP contribution < -0.4 is 4.74 Å². The minimum absolute atomic E-state index is 0.0930. The number of methoxy groups -OCH3 is 1. The van der Waals surface area contributed by atoms with Crippen LogP contribution >= 0.6 is 15.9 Å². The third kappa shape index (κ3) is 4.32. The predicted octanol–water partition coefficient (Wildman–Crippen LogP) is 3.54. The Morgan fingerprint density at radius 1 is 1.48 bits per heavy atom. The average Bonchev–Trinajstić information content (AvgIpc) is 2.52. The van der Waals surface area contributed by atoms with Crippen LogP contribution in [0.2, 0.25) is 0 Å². The second kappa shape index (κ2) is 7.61. The molecule has 114 valence electrons. The maximum atomic E-state index is 10.9. The SMILES string of the molecule is COc1ccc(CBr)cc1[C@@H]1CC=CC(COC(C)=O)O1. The Kier molecular flexibility index (Phi) is 5.82. The molecule has 0 spiro atoms. The van der Waals surface area contributed by atoms with Crippen molar-refractivity contribution in [3.8, 4) is 5.75 Å². The van der Waals surface area contributed by atoms with Crippen LogP contribution in [0.3, 0.4) is 0 Å². The number of hydrogen-bond donors (Lipinski definition) is 0. The van der Waals surface area contributed by atoms with Crippen LogP contribution in [-0.4, -0.2) is 25.8 Å². The smallest absolute Gasteiger partial charge is 0.302 e. The summed E-state index contributed by atoms with van der Waals surface area (Å²) in [5.74, 6) is 0.513. The van der Waals surface area contributed by atoms with E-state index in [2.05, 4.69) is 28.1 Å². The van der Waals surface area contributed by atoms with Gasteiger partial charge in [0.1, 0.15) is 18.5 Å². The van der Waals surface area contributed by atoms with Gasteiger partial charge in [0.25, 0.3) is 0 Å². The third-order valence-corrected chi connectivity index (χ3v) is 3.93. The number of hydrogen-bond acceptors (Lipinski definition) is 4. The summed E-state index contributed by atoms with van der Waals surface area (Å²) in [6, 6.07) is 6.06. The van der Waals surface area contributed by atoms with Crippen molar-refractivity contribution in [2.45, 2.75) is 30.9 Å². The summed E-state index contributed by atoms with van der Waals surface area (Å²) in [4.78, 5) is 10.9. The minimum Gasteiger partial charge on any atom is -0.496 e. The van der Waals surface area contributed by atoms with Crippen LogP contribution in [0.15, 0.2) is 30.4 Å². The molecule has 0 fully saturated rings. The van der Waals surface area contributed by atoms with Gasteiger partial charge in [-0.3, -0.25) is 4.79 Å². The zero-order valence-electron chi connectivity index (χ0n) is 12.2. The number of esters is 1. The molecule has 21 heavy (non-hydrogen) atoms. The number of benzene rings is 1. The topological polar surface area (TPSA) is 44.8 Å². The molecular weight excluding hydrogens is 336 g/mol. The molecule has 1 aliphatic rings. The van der Waals surface area contributed by atoms with Gasteiger partial charge in [-0.15, -0.1) is 0 Å². The van der Waals surface area contributed by atoms with Crippen molar-refractivity contribution in [3.05, 3.63) is 41.5 Å². The van der Waals surface area contributed by atoms with Crippen LogP contribution in [0.5, 0.6) is 5.75 Å². The van der Waals surface area contributed by atoms with Gasteiger partial charge < -0.3 is 14.2 Å². The van der Waals surface area contributed by atoms with Gasteiger partial charge in [-0.2, -0.15) is 0 Å². The van der Waals surface area contributed by atoms with Gasteiger partial charge in [0.2, 0.25) is 0 Å². The first-order valence-electron chi connectivity index (χ1n) is 6.82. The summed E-state index contributed by atoms with van der Waals surface area (Å²) in [7, 11) is 1.65. The molecule has 2 rings (SSSR count). The first-order chi connectivity index (χ1) is 10.1. The molecule has 1 unspecified atom stereocenters. The predicted molar refractivity (Wildman–Crippen MR) is 83.6 cm³/mol. The summed E-state index contributed by atoms with van der Waals surface area (Å²) < 4.78 is 16.4. The summed E-state index contributed by atoms with van der Waals surface area (Å²) >= 11 is 3.46. The zero-order chi connectivity index (χ0) is 15.2. The number of rotatable bonds is 5. The molecule has 0 saturated heterocycles. The van der Waals surface area contributed by atoms with Crippen molar-refractivity contribution < 1.29 is 19.0 Å². The van der Waals surface area contributed by atoms with Crippen LogP contribution in [0.4, 0.5) is 0 Å². The molecule has 0 bridgehead atoms. The number of carbonyl (C=O) groups is 1. The van der Waals surface area contributed by atoms with Crippen molar-refractivity contribution >= 4 is 21.9 Å². The van der Waals surface area contributed by atoms with E-state index in [4.69, 9.17) is 14.2 Å². The van der Waals surface area contributed by atoms with Crippen molar-refractivity contribution in [1.82, 2.24) is 0 Å². The summed E-state index contributed by atoms with van der Waals surface area (Å²) in [5.41, 5.74) is 2.19. The minimum atomic E-state index is -0.298. The van der Waals surface area contributed by atoms with Gasteiger partial charge in [-0.05, 0) is 24.1 Å². The molecule has 0 radical (unpaired) electrons. The van der Waals surface area contributed by atoms with Gasteiger partial charge in [0.15, 0.2) is 0 Å². The lowest BCUT2D eigenvalue weighted by Crippen LogP contribution is -2.24. The van der Waals surface area contributed by atoms with Crippen LogP contribution in [-0.2, 0) is 19.6 Å². The van der Waals surface area contributed by atoms with Crippen molar-refractivity contribution in [1.29, 1.82) is 0 Å². The highest BCUT2D eigenvalue weighted by molar-refractivity contribution is 9.08. The molecular formula is C16H19BrO4. The van der Waals surface area contributed by atoms with Crippen LogP contribution in [0.1, 0.15) is 30.6 Å². The first kappa shape index (κ1) is 16.0. The fourth-order valence-corrected chi connectivity index (χ4v) is 2.63. The summed E-state index contributed by atoms with van der Waals surface area (Å²) in [6.07, 6.45) is 4.45. The molecule has 1 aromatic rings. The molecule has 1 aromatic carbocycles. The van der Waals surface area contributed by atoms with E-state index in [9.17, 15) is 4.79 Å². The lowest BCUT2D eigenvalue weighted by molar-refractivity contribution is -0.145. The normalized spacial score (nSPS) is 21.1. The highest BCUT2D eigenvalue weighted by Gasteiger charge is 2.23. The van der Waals surface area contributed by atoms with Crippen molar-refractivity contribution in [2.24, 2.45) is 0 Å². The van der Waals surface area contributed by atoms with Gasteiger partial charge in [-0.25, -0.2) is 0 Å². The molecule has 2 atom stereocenters. The molecule has 0 aliphatic carbocycles. The molecule has 1 heterocycles. The zero-order valence-corrected chi connectivity index (χ0v) is 13.8. The Morgan fingerprint density at radius 3 is 2.95 bits per heavy atom. The molecule has 0 aromatic heterocycles. The Bertz CT molecular complexity index is 527. The number of halogens is 1. The highest BCUT2D eigenvalue weighted by atomic mass is 79.9. The fourth-order valence-electron chi connectivity index (χ4n) is 2.28. The molecule has 5 heteroatoms. The van der Waals surface area contributed by atoms with E-state index in [1.165, 1.54) is 12.5 Å². The third-order valence-electron chi connectivity index (χ3n) is 3.29. The molecule has 0 saturated carbocycles. The second-order valence-electron chi connectivity index (χ2n) is 4.84. The number of ether oxygens (including phenoxy) is 3. The average molecular weight is 355 g/mol. The lowest BCUT2D eigenvalue weighted by atomic mass is 10.0. The summed E-state index contributed by atoms with van der Waals surface area (Å²) in [6.45, 7) is 1.63. The Balaban J connectivity index is 2.14. The van der Waals surface area contributed by atoms with E-state index < -0.39 is 0 Å². The molecule has 0 N–H and O–H groups in total. The maximum Gasteiger partial charge on any atom is 0.302 e. The van der Waals surface area contributed by atoms with E-state index in [-0.39, 0.29) is 24.8 Å². The highest BCUT2D eigenvalue weighted by Crippen LogP contribution is 2.34. The van der Waals surface area contributed by atoms with Crippen molar-refractivity contribution in [2.75, 3.05) is 13.7 Å². The monoisotopic (exact) mass is 354 g/mol. The first-order valence-corrected chi connectivity index (χ1v) is 7.94. The molecule has 1 aliphatic heterocycles. The van der Waals surface area contributed by atoms with Gasteiger partial charge in [0.05, 0.1) is 13.2 Å².